The van der Waals surface area contributed by atoms with Gasteiger partial charge in [0.1, 0.15) is 30.2 Å². The molecular formula is C57H97N8O18P. The molecule has 1 aliphatic rings. The van der Waals surface area contributed by atoms with Crippen LogP contribution in [0.15, 0.2) is 42.9 Å². The molecule has 6 amide bonds. The zero-order valence-corrected chi connectivity index (χ0v) is 50.7. The summed E-state index contributed by atoms with van der Waals surface area (Å²) in [6, 6.07) is 3.65. The van der Waals surface area contributed by atoms with Crippen LogP contribution in [-0.4, -0.2) is 221 Å². The number of nitrogens with one attached hydrogen (secondary N) is 4. The lowest BCUT2D eigenvalue weighted by Crippen LogP contribution is -2.60. The van der Waals surface area contributed by atoms with Crippen molar-refractivity contribution in [2.75, 3.05) is 126 Å². The van der Waals surface area contributed by atoms with Gasteiger partial charge in [-0.25, -0.2) is 4.98 Å². The summed E-state index contributed by atoms with van der Waals surface area (Å²) in [5.74, 6) is -5.90. The van der Waals surface area contributed by atoms with Crippen molar-refractivity contribution in [2.24, 2.45) is 17.6 Å². The number of aliphatic hydroxyl groups is 1. The van der Waals surface area contributed by atoms with E-state index in [1.807, 2.05) is 36.6 Å². The predicted octanol–water partition coefficient (Wildman–Crippen LogP) is 1.43. The first-order chi connectivity index (χ1) is 40.4. The van der Waals surface area contributed by atoms with Crippen LogP contribution in [0.4, 0.5) is 0 Å². The van der Waals surface area contributed by atoms with Crippen molar-refractivity contribution >= 4 is 43.0 Å². The van der Waals surface area contributed by atoms with Crippen molar-refractivity contribution in [1.82, 2.24) is 35.7 Å². The number of benzene rings is 1. The number of nitrogens with two attached hydrogens (primary N) is 1. The number of aromatic nitrogens is 2. The van der Waals surface area contributed by atoms with Crippen LogP contribution in [-0.2, 0) is 90.6 Å². The first-order valence-electron chi connectivity index (χ1n) is 29.5. The van der Waals surface area contributed by atoms with Gasteiger partial charge in [-0.05, 0) is 55.9 Å². The number of amides is 6. The van der Waals surface area contributed by atoms with E-state index in [0.29, 0.717) is 111 Å². The molecule has 1 fully saturated rings. The van der Waals surface area contributed by atoms with E-state index < -0.39 is 86.0 Å². The van der Waals surface area contributed by atoms with Gasteiger partial charge in [0.2, 0.25) is 35.4 Å². The predicted molar refractivity (Wildman–Crippen MR) is 310 cm³/mol. The van der Waals surface area contributed by atoms with E-state index in [1.165, 1.54) is 17.4 Å². The second kappa shape index (κ2) is 43.6. The van der Waals surface area contributed by atoms with E-state index >= 15 is 0 Å². The average Bonchev–Trinajstić information content (AvgIpc) is 4.35. The summed E-state index contributed by atoms with van der Waals surface area (Å²) in [7, 11) is -3.02. The highest BCUT2D eigenvalue weighted by Gasteiger charge is 2.38. The van der Waals surface area contributed by atoms with Gasteiger partial charge >= 0.3 is 7.60 Å². The quantitative estimate of drug-likeness (QED) is 0.0343. The summed E-state index contributed by atoms with van der Waals surface area (Å²) >= 11 is 0. The molecule has 6 unspecified atom stereocenters. The van der Waals surface area contributed by atoms with E-state index in [2.05, 4.69) is 38.4 Å². The fourth-order valence-corrected chi connectivity index (χ4v) is 10.2. The largest absolute Gasteiger partial charge is 0.394 e. The zero-order valence-electron chi connectivity index (χ0n) is 49.8. The number of aliphatic hydroxyl groups excluding tert-OH is 1. The molecule has 2 aromatic rings. The number of primary amides is 1. The Morgan fingerprint density at radius 1 is 0.679 bits per heavy atom. The van der Waals surface area contributed by atoms with Gasteiger partial charge in [0.25, 0.3) is 0 Å². The van der Waals surface area contributed by atoms with Crippen LogP contribution in [0, 0.1) is 11.8 Å². The molecular weight excluding hydrogens is 1120 g/mol. The van der Waals surface area contributed by atoms with Gasteiger partial charge in [0.05, 0.1) is 125 Å². The molecule has 0 aliphatic carbocycles. The minimum Gasteiger partial charge on any atom is -0.394 e. The van der Waals surface area contributed by atoms with E-state index in [-0.39, 0.29) is 50.9 Å². The Morgan fingerprint density at radius 3 is 1.73 bits per heavy atom. The maximum Gasteiger partial charge on any atom is 0.325 e. The number of carbonyl (C=O) groups excluding carboxylic acids is 6. The third-order valence-electron chi connectivity index (χ3n) is 13.7. The molecule has 1 aliphatic heterocycles. The molecule has 6 atom stereocenters. The Morgan fingerprint density at radius 2 is 1.19 bits per heavy atom. The van der Waals surface area contributed by atoms with Crippen molar-refractivity contribution in [2.45, 2.75) is 135 Å². The van der Waals surface area contributed by atoms with Crippen molar-refractivity contribution < 1.29 is 86.1 Å². The molecule has 1 aromatic carbocycles. The monoisotopic (exact) mass is 1210 g/mol. The standard InChI is InChI=1S/C57H97N8O18P/c1-43(2)37-47(61-57(72)50-18-14-21-65(50)51(67)19-22-77-25-26-79-29-30-81-33-34-83-36-35-82-32-31-80-28-27-78-24-23-76-4)54(69)60-48(55(70)62-49(40-66)56(71)63-52(53(58)68)44(3)41-84(73,74)75)38-46-39-59-42-64(46)20-13-8-6-5-7-10-15-45-16-11-9-12-17-45/h9,11-12,16-17,39,42-44,47-50,52,66H,5-8,10,13-15,18-38,40-41H2,1-4H3,(H2,58,68)(H,60,69)(H,61,72)(H,62,70)(H,63,71)(H2,73,74,75). The summed E-state index contributed by atoms with van der Waals surface area (Å²) in [5, 5.41) is 20.7. The van der Waals surface area contributed by atoms with E-state index in [1.54, 1.807) is 19.6 Å². The lowest BCUT2D eigenvalue weighted by atomic mass is 10.0. The fraction of sp³-hybridized carbons (Fsp3) is 0.737. The topological polar surface area (TPSA) is 349 Å². The molecule has 2 heterocycles. The second-order valence-corrected chi connectivity index (χ2v) is 22.8. The number of hydrogen-bond donors (Lipinski definition) is 8. The van der Waals surface area contributed by atoms with Crippen LogP contribution >= 0.6 is 7.60 Å². The number of methoxy groups -OCH3 is 1. The molecule has 0 spiro atoms. The van der Waals surface area contributed by atoms with E-state index in [4.69, 9.17) is 43.6 Å². The third kappa shape index (κ3) is 32.0. The summed E-state index contributed by atoms with van der Waals surface area (Å²) < 4.78 is 57.0. The Bertz CT molecular complexity index is 2210. The van der Waals surface area contributed by atoms with Gasteiger partial charge in [-0.3, -0.25) is 33.3 Å². The van der Waals surface area contributed by atoms with Crippen molar-refractivity contribution in [3.05, 3.63) is 54.1 Å². The number of ether oxygens (including phenoxy) is 8. The third-order valence-corrected chi connectivity index (χ3v) is 14.7. The van der Waals surface area contributed by atoms with Crippen LogP contribution in [0.2, 0.25) is 0 Å². The van der Waals surface area contributed by atoms with E-state index in [9.17, 15) is 48.2 Å². The number of likely N-dealkylation sites (tertiary alicyclic amines) is 1. The Kier molecular flexibility index (Phi) is 38.1. The van der Waals surface area contributed by atoms with Gasteiger partial charge in [-0.2, -0.15) is 0 Å². The maximum atomic E-state index is 14.4. The number of hydrogen-bond acceptors (Lipinski definition) is 17. The van der Waals surface area contributed by atoms with Crippen molar-refractivity contribution in [3.63, 3.8) is 0 Å². The molecule has 0 radical (unpaired) electrons. The minimum atomic E-state index is -4.64. The average molecular weight is 1210 g/mol. The van der Waals surface area contributed by atoms with Crippen LogP contribution in [0.3, 0.4) is 0 Å². The van der Waals surface area contributed by atoms with Gasteiger partial charge in [0.15, 0.2) is 0 Å². The molecule has 1 aromatic heterocycles. The lowest BCUT2D eigenvalue weighted by molar-refractivity contribution is -0.140. The highest BCUT2D eigenvalue weighted by molar-refractivity contribution is 7.51. The number of carbonyl (C=O) groups is 6. The molecule has 478 valence electrons. The van der Waals surface area contributed by atoms with Crippen LogP contribution < -0.4 is 27.0 Å². The van der Waals surface area contributed by atoms with Crippen LogP contribution in [0.1, 0.15) is 96.2 Å². The van der Waals surface area contributed by atoms with Crippen LogP contribution in [0.5, 0.6) is 0 Å². The molecule has 9 N–H and O–H groups in total. The molecule has 0 bridgehead atoms. The zero-order chi connectivity index (χ0) is 61.4. The molecule has 3 rings (SSSR count). The van der Waals surface area contributed by atoms with Gasteiger partial charge in [-0.1, -0.05) is 76.8 Å². The number of nitrogens with zero attached hydrogens (tertiary/aromatic N) is 3. The summed E-state index contributed by atoms with van der Waals surface area (Å²) in [6.45, 7) is 11.0. The number of imidazole rings is 1. The highest BCUT2D eigenvalue weighted by atomic mass is 31.2. The Labute approximate surface area is 495 Å². The Hall–Kier alpha value is -4.96. The maximum absolute atomic E-state index is 14.4. The molecule has 0 saturated carbocycles. The minimum absolute atomic E-state index is 0.0117. The van der Waals surface area contributed by atoms with Crippen LogP contribution in [0.25, 0.3) is 0 Å². The molecule has 1 saturated heterocycles. The molecule has 26 nitrogen and oxygen atoms in total. The van der Waals surface area contributed by atoms with E-state index in [0.717, 1.165) is 44.9 Å². The lowest BCUT2D eigenvalue weighted by Gasteiger charge is -2.29. The Balaban J connectivity index is 1.52. The fourth-order valence-electron chi connectivity index (χ4n) is 9.24. The van der Waals surface area contributed by atoms with Gasteiger partial charge < -0.3 is 89.3 Å². The first-order valence-corrected chi connectivity index (χ1v) is 31.2. The summed E-state index contributed by atoms with van der Waals surface area (Å²) in [4.78, 5) is 107. The van der Waals surface area contributed by atoms with Gasteiger partial charge in [0, 0.05) is 38.5 Å². The van der Waals surface area contributed by atoms with Crippen molar-refractivity contribution in [1.29, 1.82) is 0 Å². The molecule has 27 heteroatoms. The summed E-state index contributed by atoms with van der Waals surface area (Å²) in [6.07, 6.45) is 10.4. The highest BCUT2D eigenvalue weighted by Crippen LogP contribution is 2.37. The second-order valence-electron chi connectivity index (χ2n) is 21.1. The first kappa shape index (κ1) is 73.3. The SMILES string of the molecule is COCCOCCOCCOCCOCCOCCOCCOCCC(=O)N1CCCC1C(=O)NC(CC(C)C)C(=O)NC(Cc1cncn1CCCCCCCCc1ccccc1)C(=O)NC(CO)C(=O)NC(C(N)=O)C(C)CP(=O)(O)O. The van der Waals surface area contributed by atoms with Crippen molar-refractivity contribution in [3.8, 4) is 0 Å². The number of rotatable bonds is 50. The number of aryl methyl sites for hydroxylation is 2. The number of unbranched alkanes of at least 4 members (excludes halogenated alkanes) is 5. The normalized spacial score (nSPS) is 15.3. The van der Waals surface area contributed by atoms with Gasteiger partial charge in [-0.15, -0.1) is 0 Å². The molecule has 84 heavy (non-hydrogen) atoms. The smallest absolute Gasteiger partial charge is 0.325 e. The summed E-state index contributed by atoms with van der Waals surface area (Å²) in [5.41, 5.74) is 7.38.